The molecule has 1 aromatic heterocycles. The first-order valence-electron chi connectivity index (χ1n) is 13.1. The van der Waals surface area contributed by atoms with E-state index in [2.05, 4.69) is 15.6 Å². The van der Waals surface area contributed by atoms with Gasteiger partial charge in [0.2, 0.25) is 5.04 Å². The molecule has 0 bridgehead atoms. The molecule has 0 aromatic carbocycles. The van der Waals surface area contributed by atoms with Gasteiger partial charge < -0.3 is 10.6 Å². The first-order valence-corrected chi connectivity index (χ1v) is 15.4. The summed E-state index contributed by atoms with van der Waals surface area (Å²) in [6.07, 6.45) is 8.13. The van der Waals surface area contributed by atoms with Crippen LogP contribution >= 0.6 is 11.3 Å². The van der Waals surface area contributed by atoms with Crippen molar-refractivity contribution >= 4 is 49.8 Å². The van der Waals surface area contributed by atoms with E-state index < -0.39 is 50.5 Å². The van der Waals surface area contributed by atoms with E-state index in [1.54, 1.807) is 12.1 Å². The zero-order valence-electron chi connectivity index (χ0n) is 21.5. The van der Waals surface area contributed by atoms with Gasteiger partial charge in [-0.25, -0.2) is 9.30 Å². The van der Waals surface area contributed by atoms with Crippen LogP contribution in [0.1, 0.15) is 72.3 Å². The van der Waals surface area contributed by atoms with Crippen LogP contribution < -0.4 is 10.6 Å². The van der Waals surface area contributed by atoms with E-state index in [9.17, 15) is 27.6 Å². The number of hydrogen-bond donors (Lipinski definition) is 2. The summed E-state index contributed by atoms with van der Waals surface area (Å²) in [6, 6.07) is 0.986. The highest BCUT2D eigenvalue weighted by Crippen LogP contribution is 2.29. The van der Waals surface area contributed by atoms with Crippen LogP contribution in [0.4, 0.5) is 0 Å². The minimum Gasteiger partial charge on any atom is -0.339 e. The number of sulfonamides is 1. The highest BCUT2D eigenvalue weighted by Gasteiger charge is 2.46. The number of nitrogens with zero attached hydrogens (tertiary/aromatic N) is 2. The summed E-state index contributed by atoms with van der Waals surface area (Å²) in [5.41, 5.74) is 0. The van der Waals surface area contributed by atoms with Crippen molar-refractivity contribution in [2.45, 2.75) is 76.8 Å². The van der Waals surface area contributed by atoms with Crippen molar-refractivity contribution in [2.24, 2.45) is 10.9 Å². The zero-order chi connectivity index (χ0) is 27.3. The van der Waals surface area contributed by atoms with Gasteiger partial charge in [-0.05, 0) is 50.8 Å². The molecule has 2 aliphatic heterocycles. The van der Waals surface area contributed by atoms with Crippen molar-refractivity contribution in [1.29, 1.82) is 0 Å². The molecule has 2 N–H and O–H groups in total. The van der Waals surface area contributed by atoms with Crippen molar-refractivity contribution in [2.75, 3.05) is 13.1 Å². The Bertz CT molecular complexity index is 1250. The molecule has 3 aliphatic rings. The van der Waals surface area contributed by atoms with Crippen molar-refractivity contribution in [3.63, 3.8) is 0 Å². The van der Waals surface area contributed by atoms with Crippen LogP contribution in [0.3, 0.4) is 0 Å². The maximum atomic E-state index is 14.2. The monoisotopic (exact) mass is 562 g/mol. The summed E-state index contributed by atoms with van der Waals surface area (Å²) in [5, 5.41) is 4.98. The van der Waals surface area contributed by atoms with Gasteiger partial charge in [-0.2, -0.15) is 8.42 Å². The van der Waals surface area contributed by atoms with E-state index in [0.29, 0.717) is 22.1 Å². The van der Waals surface area contributed by atoms with Crippen LogP contribution in [-0.2, 0) is 24.4 Å². The maximum Gasteiger partial charge on any atom is 0.288 e. The normalized spacial score (nSPS) is 21.9. The van der Waals surface area contributed by atoms with Gasteiger partial charge in [-0.1, -0.05) is 38.2 Å². The van der Waals surface area contributed by atoms with E-state index >= 15 is 0 Å². The Morgan fingerprint density at radius 3 is 2.61 bits per heavy atom. The Morgan fingerprint density at radius 1 is 1.16 bits per heavy atom. The van der Waals surface area contributed by atoms with Gasteiger partial charge in [0.05, 0.1) is 11.4 Å². The molecule has 1 saturated heterocycles. The van der Waals surface area contributed by atoms with Crippen LogP contribution in [0.25, 0.3) is 0 Å². The van der Waals surface area contributed by atoms with Gasteiger partial charge in [0.15, 0.2) is 11.6 Å². The number of amides is 2. The molecule has 1 aliphatic carbocycles. The van der Waals surface area contributed by atoms with E-state index in [1.165, 1.54) is 23.6 Å². The molecule has 1 saturated carbocycles. The first-order chi connectivity index (χ1) is 18.2. The van der Waals surface area contributed by atoms with Gasteiger partial charge in [0, 0.05) is 17.5 Å². The molecule has 38 heavy (non-hydrogen) atoms. The fourth-order valence-electron chi connectivity index (χ4n) is 5.26. The van der Waals surface area contributed by atoms with Gasteiger partial charge in [-0.15, -0.1) is 11.3 Å². The molecule has 0 radical (unpaired) electrons. The lowest BCUT2D eigenvalue weighted by atomic mass is 9.84. The summed E-state index contributed by atoms with van der Waals surface area (Å²) in [6.45, 7) is 2.26. The number of ketones is 2. The summed E-state index contributed by atoms with van der Waals surface area (Å²) in [7, 11) is -4.77. The van der Waals surface area contributed by atoms with Crippen LogP contribution in [0, 0.1) is 12.8 Å². The number of aliphatic imine (C=N–C) groups is 1. The second-order valence-electron chi connectivity index (χ2n) is 10.1. The third-order valence-corrected chi connectivity index (χ3v) is 9.98. The smallest absolute Gasteiger partial charge is 0.288 e. The Balaban J connectivity index is 1.73. The zero-order valence-corrected chi connectivity index (χ0v) is 23.1. The molecule has 2 fully saturated rings. The quantitative estimate of drug-likeness (QED) is 0.542. The van der Waals surface area contributed by atoms with E-state index in [4.69, 9.17) is 0 Å². The third kappa shape index (κ3) is 6.47. The lowest BCUT2D eigenvalue weighted by Crippen LogP contribution is -2.58. The molecule has 1 aromatic rings. The standard InChI is InChI=1S/C26H34N4O6S2/c1-17-11-12-23(37-17)24(33)29-19(15-18-7-3-2-4-8-18)26(34)30(20-9-5-13-27-16-22(20)32)38(35,36)25-21(31)10-6-14-28-25/h6,11-12,14,18-20,27H,2-5,7-10,13,15-16H2,1H3,(H,29,33)/t19?,20-/m0/s1. The minimum atomic E-state index is -4.77. The van der Waals surface area contributed by atoms with Gasteiger partial charge in [0.25, 0.3) is 21.8 Å². The predicted molar refractivity (Wildman–Crippen MR) is 144 cm³/mol. The maximum absolute atomic E-state index is 14.2. The van der Waals surface area contributed by atoms with Crippen LogP contribution in [-0.4, -0.2) is 66.3 Å². The highest BCUT2D eigenvalue weighted by molar-refractivity contribution is 8.06. The molecular formula is C26H34N4O6S2. The number of thiophene rings is 1. The average molecular weight is 563 g/mol. The molecule has 206 valence electrons. The molecule has 0 spiro atoms. The number of aryl methyl sites for hydroxylation is 1. The number of Topliss-reactive ketones (excluding diaryl/α,β-unsaturated/α-hetero) is 2. The second-order valence-corrected chi connectivity index (χ2v) is 13.1. The number of nitrogens with one attached hydrogen (secondary N) is 2. The number of rotatable bonds is 6. The molecule has 1 unspecified atom stereocenters. The van der Waals surface area contributed by atoms with Crippen molar-refractivity contribution < 1.29 is 27.6 Å². The van der Waals surface area contributed by atoms with Crippen LogP contribution in [0.5, 0.6) is 0 Å². The molecule has 3 heterocycles. The average Bonchev–Trinajstić information content (AvgIpc) is 3.23. The lowest BCUT2D eigenvalue weighted by Gasteiger charge is -2.34. The van der Waals surface area contributed by atoms with Gasteiger partial charge in [0.1, 0.15) is 12.1 Å². The highest BCUT2D eigenvalue weighted by atomic mass is 32.2. The van der Waals surface area contributed by atoms with E-state index in [0.717, 1.165) is 37.0 Å². The molecule has 12 heteroatoms. The molecule has 2 atom stereocenters. The molecule has 4 rings (SSSR count). The van der Waals surface area contributed by atoms with E-state index in [-0.39, 0.29) is 31.7 Å². The Kier molecular flexibility index (Phi) is 9.27. The number of carbonyl (C=O) groups excluding carboxylic acids is 4. The third-order valence-electron chi connectivity index (χ3n) is 7.21. The predicted octanol–water partition coefficient (Wildman–Crippen LogP) is 2.49. The van der Waals surface area contributed by atoms with Gasteiger partial charge >= 0.3 is 0 Å². The summed E-state index contributed by atoms with van der Waals surface area (Å²) >= 11 is 1.27. The number of allylic oxidation sites excluding steroid dienone is 1. The fourth-order valence-corrected chi connectivity index (χ4v) is 7.70. The van der Waals surface area contributed by atoms with E-state index in [1.807, 2.05) is 6.92 Å². The Hall–Kier alpha value is -2.70. The second kappa shape index (κ2) is 12.4. The van der Waals surface area contributed by atoms with Crippen LogP contribution in [0.15, 0.2) is 29.4 Å². The topological polar surface area (TPSA) is 142 Å². The number of hydrogen-bond acceptors (Lipinski definition) is 9. The Labute approximate surface area is 227 Å². The first kappa shape index (κ1) is 28.3. The summed E-state index contributed by atoms with van der Waals surface area (Å²) < 4.78 is 28.3. The van der Waals surface area contributed by atoms with Crippen LogP contribution in [0.2, 0.25) is 0 Å². The fraction of sp³-hybridized carbons (Fsp3) is 0.577. The van der Waals surface area contributed by atoms with Crippen molar-refractivity contribution in [3.05, 3.63) is 34.2 Å². The molecule has 10 nitrogen and oxygen atoms in total. The Morgan fingerprint density at radius 2 is 1.92 bits per heavy atom. The van der Waals surface area contributed by atoms with Gasteiger partial charge in [-0.3, -0.25) is 19.2 Å². The molecular weight excluding hydrogens is 528 g/mol. The largest absolute Gasteiger partial charge is 0.339 e. The summed E-state index contributed by atoms with van der Waals surface area (Å²) in [5.74, 6) is -2.46. The summed E-state index contributed by atoms with van der Waals surface area (Å²) in [4.78, 5) is 58.2. The lowest BCUT2D eigenvalue weighted by molar-refractivity contribution is -0.135. The number of carbonyl (C=O) groups is 4. The van der Waals surface area contributed by atoms with Crippen molar-refractivity contribution in [1.82, 2.24) is 14.9 Å². The SMILES string of the molecule is Cc1ccc(C(=O)NC(CC2CCCCC2)C(=O)N([C@H]2CCCNCC2=O)S(=O)(=O)C2=NC=CCC2=O)s1. The molecule has 2 amide bonds. The minimum absolute atomic E-state index is 0.0988. The van der Waals surface area contributed by atoms with Crippen molar-refractivity contribution in [3.8, 4) is 0 Å².